The first-order chi connectivity index (χ1) is 12.4. The molecule has 1 saturated heterocycles. The summed E-state index contributed by atoms with van der Waals surface area (Å²) in [6.07, 6.45) is -0.844. The van der Waals surface area contributed by atoms with E-state index in [-0.39, 0.29) is 18.5 Å². The highest BCUT2D eigenvalue weighted by Gasteiger charge is 2.32. The van der Waals surface area contributed by atoms with Crippen LogP contribution in [-0.4, -0.2) is 42.9 Å². The van der Waals surface area contributed by atoms with Crippen molar-refractivity contribution in [1.29, 1.82) is 0 Å². The summed E-state index contributed by atoms with van der Waals surface area (Å²) in [4.78, 5) is 29.6. The van der Waals surface area contributed by atoms with E-state index in [2.05, 4.69) is 10.5 Å². The van der Waals surface area contributed by atoms with Gasteiger partial charge >= 0.3 is 11.8 Å². The average Bonchev–Trinajstić information content (AvgIpc) is 3.12. The Hall–Kier alpha value is -2.97. The molecule has 0 saturated carbocycles. The van der Waals surface area contributed by atoms with E-state index < -0.39 is 12.2 Å². The predicted octanol–water partition coefficient (Wildman–Crippen LogP) is 1.74. The quantitative estimate of drug-likeness (QED) is 0.817. The van der Waals surface area contributed by atoms with Gasteiger partial charge in [0.15, 0.2) is 5.58 Å². The van der Waals surface area contributed by atoms with Crippen molar-refractivity contribution in [3.63, 3.8) is 0 Å². The number of carbonyl (C=O) groups excluding carboxylic acids is 2. The Balaban J connectivity index is 1.91. The summed E-state index contributed by atoms with van der Waals surface area (Å²) >= 11 is 0. The zero-order chi connectivity index (χ0) is 18.8. The van der Waals surface area contributed by atoms with Crippen molar-refractivity contribution in [2.75, 3.05) is 25.1 Å². The fraction of sp³-hybridized carbons (Fsp3) is 0.471. The molecule has 2 heterocycles. The van der Waals surface area contributed by atoms with Crippen LogP contribution >= 0.6 is 0 Å². The molecule has 1 aromatic carbocycles. The minimum atomic E-state index is -0.454. The molecule has 1 atom stereocenters. The minimum absolute atomic E-state index is 0.120. The lowest BCUT2D eigenvalue weighted by atomic mass is 10.2. The molecule has 9 heteroatoms. The number of nitrogens with zero attached hydrogens (tertiary/aromatic N) is 3. The summed E-state index contributed by atoms with van der Waals surface area (Å²) in [5, 5.41) is 6.57. The third-order valence-electron chi connectivity index (χ3n) is 4.06. The molecule has 1 aliphatic rings. The van der Waals surface area contributed by atoms with E-state index in [4.69, 9.17) is 14.0 Å². The summed E-state index contributed by atoms with van der Waals surface area (Å²) in [7, 11) is 1.46. The number of aromatic nitrogens is 1. The molecule has 9 nitrogen and oxygen atoms in total. The second kappa shape index (κ2) is 7.11. The van der Waals surface area contributed by atoms with Gasteiger partial charge in [0.2, 0.25) is 5.91 Å². The fourth-order valence-electron chi connectivity index (χ4n) is 2.94. The Morgan fingerprint density at radius 1 is 1.46 bits per heavy atom. The first kappa shape index (κ1) is 17.8. The van der Waals surface area contributed by atoms with Gasteiger partial charge in [-0.05, 0) is 31.1 Å². The molecule has 1 N–H and O–H groups in total. The SMILES string of the molecule is CON=c1oc2cc(N3CC(CNC(C)=O)OC3=O)ccc2n1C(C)C. The first-order valence-corrected chi connectivity index (χ1v) is 8.35. The molecule has 1 aliphatic heterocycles. The Morgan fingerprint density at radius 2 is 2.23 bits per heavy atom. The number of fused-ring (bicyclic) bond motifs is 1. The van der Waals surface area contributed by atoms with E-state index in [9.17, 15) is 9.59 Å². The maximum absolute atomic E-state index is 12.2. The van der Waals surface area contributed by atoms with Crippen LogP contribution in [0.3, 0.4) is 0 Å². The Labute approximate surface area is 150 Å². The lowest BCUT2D eigenvalue weighted by Gasteiger charge is -2.13. The molecule has 26 heavy (non-hydrogen) atoms. The third kappa shape index (κ3) is 3.37. The number of hydrogen-bond donors (Lipinski definition) is 1. The van der Waals surface area contributed by atoms with Crippen LogP contribution in [0.25, 0.3) is 11.1 Å². The number of ether oxygens (including phenoxy) is 1. The largest absolute Gasteiger partial charge is 0.442 e. The van der Waals surface area contributed by atoms with E-state index >= 15 is 0 Å². The molecule has 3 rings (SSSR count). The number of carbonyl (C=O) groups is 2. The number of rotatable bonds is 5. The van der Waals surface area contributed by atoms with Gasteiger partial charge in [0.05, 0.1) is 24.3 Å². The smallest absolute Gasteiger partial charge is 0.414 e. The van der Waals surface area contributed by atoms with Gasteiger partial charge in [0, 0.05) is 19.0 Å². The second-order valence-corrected chi connectivity index (χ2v) is 6.33. The van der Waals surface area contributed by atoms with Crippen LogP contribution in [-0.2, 0) is 14.4 Å². The number of amides is 2. The number of cyclic esters (lactones) is 1. The highest BCUT2D eigenvalue weighted by molar-refractivity contribution is 5.92. The summed E-state index contributed by atoms with van der Waals surface area (Å²) in [5.41, 5.74) is 2.44. The number of nitrogens with one attached hydrogen (secondary N) is 1. The molecule has 140 valence electrons. The number of benzene rings is 1. The van der Waals surface area contributed by atoms with E-state index in [1.807, 2.05) is 30.5 Å². The van der Waals surface area contributed by atoms with E-state index in [1.54, 1.807) is 6.07 Å². The van der Waals surface area contributed by atoms with Crippen LogP contribution < -0.4 is 15.9 Å². The average molecular weight is 362 g/mol. The third-order valence-corrected chi connectivity index (χ3v) is 4.06. The van der Waals surface area contributed by atoms with Crippen LogP contribution in [0.15, 0.2) is 27.8 Å². The van der Waals surface area contributed by atoms with Gasteiger partial charge in [-0.25, -0.2) is 4.79 Å². The van der Waals surface area contributed by atoms with Gasteiger partial charge in [0.25, 0.3) is 0 Å². The number of anilines is 1. The van der Waals surface area contributed by atoms with Gasteiger partial charge in [-0.2, -0.15) is 0 Å². The summed E-state index contributed by atoms with van der Waals surface area (Å²) in [6.45, 7) is 6.09. The molecule has 1 fully saturated rings. The van der Waals surface area contributed by atoms with Crippen molar-refractivity contribution in [3.8, 4) is 0 Å². The lowest BCUT2D eigenvalue weighted by Crippen LogP contribution is -2.33. The molecule has 0 bridgehead atoms. The maximum Gasteiger partial charge on any atom is 0.414 e. The fourth-order valence-corrected chi connectivity index (χ4v) is 2.94. The summed E-state index contributed by atoms with van der Waals surface area (Å²) in [5.74, 6) is -0.163. The van der Waals surface area contributed by atoms with E-state index in [0.717, 1.165) is 5.52 Å². The first-order valence-electron chi connectivity index (χ1n) is 8.35. The second-order valence-electron chi connectivity index (χ2n) is 6.33. The summed E-state index contributed by atoms with van der Waals surface area (Å²) in [6, 6.07) is 5.59. The molecule has 2 aromatic rings. The molecule has 1 aromatic heterocycles. The Bertz CT molecular complexity index is 898. The van der Waals surface area contributed by atoms with Crippen LogP contribution in [0.2, 0.25) is 0 Å². The minimum Gasteiger partial charge on any atom is -0.442 e. The van der Waals surface area contributed by atoms with Crippen molar-refractivity contribution < 1.29 is 23.6 Å². The monoisotopic (exact) mass is 362 g/mol. The standard InChI is InChI=1S/C17H22N4O5/c1-10(2)21-14-6-5-12(7-15(14)26-16(21)19-24-4)20-9-13(25-17(20)23)8-18-11(3)22/h5-7,10,13H,8-9H2,1-4H3,(H,18,22). The van der Waals surface area contributed by atoms with Gasteiger partial charge in [-0.3, -0.25) is 14.3 Å². The normalized spacial score (nSPS) is 17.9. The van der Waals surface area contributed by atoms with Crippen molar-refractivity contribution in [2.45, 2.75) is 32.9 Å². The zero-order valence-electron chi connectivity index (χ0n) is 15.2. The number of oxazole rings is 1. The molecule has 0 radical (unpaired) electrons. The molecular weight excluding hydrogens is 340 g/mol. The molecule has 0 spiro atoms. The van der Waals surface area contributed by atoms with Crippen LogP contribution in [0.5, 0.6) is 0 Å². The lowest BCUT2D eigenvalue weighted by molar-refractivity contribution is -0.119. The van der Waals surface area contributed by atoms with Gasteiger partial charge in [-0.1, -0.05) is 0 Å². The van der Waals surface area contributed by atoms with Crippen LogP contribution in [0.4, 0.5) is 10.5 Å². The maximum atomic E-state index is 12.2. The number of hydrogen-bond acceptors (Lipinski definition) is 6. The van der Waals surface area contributed by atoms with Crippen LogP contribution in [0.1, 0.15) is 26.8 Å². The van der Waals surface area contributed by atoms with Crippen molar-refractivity contribution in [2.24, 2.45) is 5.16 Å². The van der Waals surface area contributed by atoms with Crippen molar-refractivity contribution in [3.05, 3.63) is 23.9 Å². The van der Waals surface area contributed by atoms with Crippen molar-refractivity contribution in [1.82, 2.24) is 9.88 Å². The summed E-state index contributed by atoms with van der Waals surface area (Å²) < 4.78 is 13.0. The predicted molar refractivity (Wildman–Crippen MR) is 93.5 cm³/mol. The van der Waals surface area contributed by atoms with Gasteiger partial charge in [-0.15, -0.1) is 0 Å². The van der Waals surface area contributed by atoms with Gasteiger partial charge < -0.3 is 19.3 Å². The topological polar surface area (TPSA) is 98.3 Å². The molecule has 2 amide bonds. The molecule has 0 aliphatic carbocycles. The van der Waals surface area contributed by atoms with Crippen LogP contribution in [0, 0.1) is 0 Å². The zero-order valence-corrected chi connectivity index (χ0v) is 15.2. The Morgan fingerprint density at radius 3 is 2.88 bits per heavy atom. The molecule has 1 unspecified atom stereocenters. The van der Waals surface area contributed by atoms with E-state index in [0.29, 0.717) is 23.5 Å². The highest BCUT2D eigenvalue weighted by Crippen LogP contribution is 2.26. The van der Waals surface area contributed by atoms with Gasteiger partial charge in [0.1, 0.15) is 13.2 Å². The highest BCUT2D eigenvalue weighted by atomic mass is 16.6. The Kier molecular flexibility index (Phi) is 4.88. The molecular formula is C17H22N4O5. The van der Waals surface area contributed by atoms with Crippen molar-refractivity contribution >= 4 is 28.8 Å². The van der Waals surface area contributed by atoms with E-state index in [1.165, 1.54) is 18.9 Å².